The van der Waals surface area contributed by atoms with E-state index in [1.54, 1.807) is 7.05 Å². The Morgan fingerprint density at radius 1 is 1.23 bits per heavy atom. The molecule has 0 aromatic heterocycles. The maximum absolute atomic E-state index is 5.67. The summed E-state index contributed by atoms with van der Waals surface area (Å²) in [6.07, 6.45) is 4.53. The topological polar surface area (TPSA) is 58.1 Å². The lowest BCUT2D eigenvalue weighted by atomic mass is 10.1. The fourth-order valence-electron chi connectivity index (χ4n) is 2.88. The SMILES string of the molecule is CN=C(NCCCOCC1CCCO1)NCCc1ccc(N(C)C)cc1. The van der Waals surface area contributed by atoms with Gasteiger partial charge in [0.1, 0.15) is 0 Å². The second-order valence-electron chi connectivity index (χ2n) is 6.80. The van der Waals surface area contributed by atoms with Crippen LogP contribution in [0.1, 0.15) is 24.8 Å². The van der Waals surface area contributed by atoms with Crippen molar-refractivity contribution in [3.63, 3.8) is 0 Å². The average Bonchev–Trinajstić information content (AvgIpc) is 3.17. The highest BCUT2D eigenvalue weighted by atomic mass is 16.5. The van der Waals surface area contributed by atoms with Crippen molar-refractivity contribution in [3.05, 3.63) is 29.8 Å². The molecule has 2 N–H and O–H groups in total. The number of anilines is 1. The van der Waals surface area contributed by atoms with E-state index in [1.165, 1.54) is 11.3 Å². The Labute approximate surface area is 158 Å². The summed E-state index contributed by atoms with van der Waals surface area (Å²) in [5, 5.41) is 6.69. The van der Waals surface area contributed by atoms with Crippen molar-refractivity contribution < 1.29 is 9.47 Å². The number of nitrogens with one attached hydrogen (secondary N) is 2. The average molecular weight is 363 g/mol. The van der Waals surface area contributed by atoms with Gasteiger partial charge in [-0.05, 0) is 43.4 Å². The van der Waals surface area contributed by atoms with Gasteiger partial charge in [0, 0.05) is 53.1 Å². The van der Waals surface area contributed by atoms with Gasteiger partial charge >= 0.3 is 0 Å². The summed E-state index contributed by atoms with van der Waals surface area (Å²) in [7, 11) is 5.91. The van der Waals surface area contributed by atoms with Gasteiger partial charge in [0.25, 0.3) is 0 Å². The lowest BCUT2D eigenvalue weighted by Gasteiger charge is -2.14. The zero-order valence-electron chi connectivity index (χ0n) is 16.5. The highest BCUT2D eigenvalue weighted by Crippen LogP contribution is 2.12. The smallest absolute Gasteiger partial charge is 0.190 e. The molecule has 1 aromatic rings. The van der Waals surface area contributed by atoms with Gasteiger partial charge in [-0.25, -0.2) is 0 Å². The number of hydrogen-bond donors (Lipinski definition) is 2. The van der Waals surface area contributed by atoms with E-state index >= 15 is 0 Å². The summed E-state index contributed by atoms with van der Waals surface area (Å²) in [4.78, 5) is 6.37. The Balaban J connectivity index is 1.53. The first-order chi connectivity index (χ1) is 12.7. The zero-order valence-corrected chi connectivity index (χ0v) is 16.5. The molecule has 0 aliphatic carbocycles. The van der Waals surface area contributed by atoms with Crippen LogP contribution in [0.5, 0.6) is 0 Å². The third-order valence-electron chi connectivity index (χ3n) is 4.47. The minimum atomic E-state index is 0.309. The first-order valence-electron chi connectivity index (χ1n) is 9.59. The van der Waals surface area contributed by atoms with E-state index in [0.29, 0.717) is 6.10 Å². The fourth-order valence-corrected chi connectivity index (χ4v) is 2.88. The molecule has 146 valence electrons. The largest absolute Gasteiger partial charge is 0.379 e. The number of rotatable bonds is 10. The van der Waals surface area contributed by atoms with Crippen molar-refractivity contribution in [1.82, 2.24) is 10.6 Å². The molecule has 0 saturated carbocycles. The molecule has 1 atom stereocenters. The molecule has 1 aromatic carbocycles. The zero-order chi connectivity index (χ0) is 18.6. The van der Waals surface area contributed by atoms with E-state index in [9.17, 15) is 0 Å². The van der Waals surface area contributed by atoms with Gasteiger partial charge in [0.2, 0.25) is 0 Å². The van der Waals surface area contributed by atoms with Crippen molar-refractivity contribution in [3.8, 4) is 0 Å². The third-order valence-corrected chi connectivity index (χ3v) is 4.47. The third kappa shape index (κ3) is 7.62. The number of guanidine groups is 1. The Bertz CT molecular complexity index is 525. The molecule has 1 heterocycles. The minimum Gasteiger partial charge on any atom is -0.379 e. The molecule has 0 spiro atoms. The molecule has 0 bridgehead atoms. The van der Waals surface area contributed by atoms with Crippen LogP contribution in [0.25, 0.3) is 0 Å². The van der Waals surface area contributed by atoms with Crippen LogP contribution >= 0.6 is 0 Å². The molecule has 0 radical (unpaired) electrons. The summed E-state index contributed by atoms with van der Waals surface area (Å²) in [5.74, 6) is 0.842. The summed E-state index contributed by atoms with van der Waals surface area (Å²) in [6.45, 7) is 4.07. The number of hydrogen-bond acceptors (Lipinski definition) is 4. The second-order valence-corrected chi connectivity index (χ2v) is 6.80. The number of ether oxygens (including phenoxy) is 2. The molecule has 2 rings (SSSR count). The maximum atomic E-state index is 5.67. The van der Waals surface area contributed by atoms with Crippen LogP contribution in [0, 0.1) is 0 Å². The first-order valence-corrected chi connectivity index (χ1v) is 9.59. The standard InChI is InChI=1S/C20H34N4O2/c1-21-20(22-12-5-14-25-16-19-6-4-15-26-19)23-13-11-17-7-9-18(10-8-17)24(2)3/h7-10,19H,4-6,11-16H2,1-3H3,(H2,21,22,23). The molecule has 6 nitrogen and oxygen atoms in total. The molecule has 1 aliphatic heterocycles. The van der Waals surface area contributed by atoms with E-state index in [-0.39, 0.29) is 0 Å². The summed E-state index contributed by atoms with van der Waals surface area (Å²) in [5.41, 5.74) is 2.54. The van der Waals surface area contributed by atoms with Gasteiger partial charge in [-0.1, -0.05) is 12.1 Å². The normalized spacial score (nSPS) is 17.3. The number of nitrogens with zero attached hydrogens (tertiary/aromatic N) is 2. The van der Waals surface area contributed by atoms with Crippen LogP contribution in [0.4, 0.5) is 5.69 Å². The van der Waals surface area contributed by atoms with Gasteiger partial charge in [-0.3, -0.25) is 4.99 Å². The van der Waals surface area contributed by atoms with Crippen LogP contribution in [0.3, 0.4) is 0 Å². The highest BCUT2D eigenvalue weighted by molar-refractivity contribution is 5.79. The molecule has 1 aliphatic rings. The van der Waals surface area contributed by atoms with Crippen LogP contribution in [-0.4, -0.2) is 66.1 Å². The minimum absolute atomic E-state index is 0.309. The van der Waals surface area contributed by atoms with Gasteiger partial charge < -0.3 is 25.0 Å². The van der Waals surface area contributed by atoms with Crippen molar-refractivity contribution in [1.29, 1.82) is 0 Å². The fraction of sp³-hybridized carbons (Fsp3) is 0.650. The molecule has 26 heavy (non-hydrogen) atoms. The predicted octanol–water partition coefficient (Wildman–Crippen LogP) is 2.05. The second kappa shape index (κ2) is 11.8. The monoisotopic (exact) mass is 362 g/mol. The predicted molar refractivity (Wildman–Crippen MR) is 108 cm³/mol. The van der Waals surface area contributed by atoms with E-state index < -0.39 is 0 Å². The van der Waals surface area contributed by atoms with Crippen LogP contribution in [0.2, 0.25) is 0 Å². The summed E-state index contributed by atoms with van der Waals surface area (Å²) >= 11 is 0. The Morgan fingerprint density at radius 3 is 2.65 bits per heavy atom. The molecule has 1 saturated heterocycles. The summed E-state index contributed by atoms with van der Waals surface area (Å²) in [6, 6.07) is 8.66. The van der Waals surface area contributed by atoms with Crippen LogP contribution in [-0.2, 0) is 15.9 Å². The Morgan fingerprint density at radius 2 is 2.00 bits per heavy atom. The van der Waals surface area contributed by atoms with E-state index in [2.05, 4.69) is 58.9 Å². The molecular formula is C20H34N4O2. The van der Waals surface area contributed by atoms with E-state index in [0.717, 1.165) is 64.6 Å². The summed E-state index contributed by atoms with van der Waals surface area (Å²) < 4.78 is 11.2. The van der Waals surface area contributed by atoms with Gasteiger partial charge in [-0.15, -0.1) is 0 Å². The van der Waals surface area contributed by atoms with Gasteiger partial charge in [0.15, 0.2) is 5.96 Å². The molecular weight excluding hydrogens is 328 g/mol. The first kappa shape index (κ1) is 20.5. The Hall–Kier alpha value is -1.79. The molecule has 0 amide bonds. The lowest BCUT2D eigenvalue weighted by Crippen LogP contribution is -2.39. The van der Waals surface area contributed by atoms with Gasteiger partial charge in [-0.2, -0.15) is 0 Å². The quantitative estimate of drug-likeness (QED) is 0.379. The van der Waals surface area contributed by atoms with Crippen molar-refractivity contribution >= 4 is 11.6 Å². The molecule has 6 heteroatoms. The van der Waals surface area contributed by atoms with Crippen molar-refractivity contribution in [2.45, 2.75) is 31.8 Å². The van der Waals surface area contributed by atoms with Crippen LogP contribution < -0.4 is 15.5 Å². The van der Waals surface area contributed by atoms with Crippen LogP contribution in [0.15, 0.2) is 29.3 Å². The van der Waals surface area contributed by atoms with Crippen molar-refractivity contribution in [2.75, 3.05) is 59.0 Å². The number of aliphatic imine (C=N–C) groups is 1. The maximum Gasteiger partial charge on any atom is 0.190 e. The molecule has 1 unspecified atom stereocenters. The number of benzene rings is 1. The highest BCUT2D eigenvalue weighted by Gasteiger charge is 2.14. The lowest BCUT2D eigenvalue weighted by molar-refractivity contribution is 0.0168. The Kier molecular flexibility index (Phi) is 9.28. The van der Waals surface area contributed by atoms with E-state index in [1.807, 2.05) is 0 Å². The van der Waals surface area contributed by atoms with E-state index in [4.69, 9.17) is 9.47 Å². The van der Waals surface area contributed by atoms with Gasteiger partial charge in [0.05, 0.1) is 12.7 Å². The van der Waals surface area contributed by atoms with Crippen molar-refractivity contribution in [2.24, 2.45) is 4.99 Å². The molecule has 1 fully saturated rings.